The van der Waals surface area contributed by atoms with Crippen LogP contribution in [0, 0.1) is 5.82 Å². The maximum atomic E-state index is 12.9. The number of esters is 1. The smallest absolute Gasteiger partial charge is 0.327 e. The van der Waals surface area contributed by atoms with E-state index in [2.05, 4.69) is 0 Å². The molecule has 10 heteroatoms. The Bertz CT molecular complexity index is 688. The average Bonchev–Trinajstić information content (AvgIpc) is 2.50. The molecule has 1 aromatic rings. The lowest BCUT2D eigenvalue weighted by Crippen LogP contribution is -2.49. The van der Waals surface area contributed by atoms with Gasteiger partial charge in [-0.3, -0.25) is 9.59 Å². The Morgan fingerprint density at radius 3 is 2.29 bits per heavy atom. The Labute approximate surface area is 139 Å². The van der Waals surface area contributed by atoms with Crippen LogP contribution < -0.4 is 4.72 Å². The number of ether oxygens (including phenoxy) is 1. The predicted molar refractivity (Wildman–Crippen MR) is 81.8 cm³/mol. The molecule has 1 amide bonds. The number of sulfonamides is 1. The molecule has 0 saturated carbocycles. The van der Waals surface area contributed by atoms with Gasteiger partial charge in [-0.15, -0.1) is 0 Å². The van der Waals surface area contributed by atoms with Crippen LogP contribution >= 0.6 is 0 Å². The molecule has 134 valence electrons. The SMILES string of the molecule is C[C@H](O)[C@H](NS(=O)(=O)c1ccc(F)cc1)C(=O)OCC(=O)N(C)C. The normalized spacial score (nSPS) is 13.9. The third-order valence-corrected chi connectivity index (χ3v) is 4.44. The van der Waals surface area contributed by atoms with Crippen LogP contribution in [0.15, 0.2) is 29.2 Å². The molecule has 0 bridgehead atoms. The Hall–Kier alpha value is -2.04. The minimum atomic E-state index is -4.19. The van der Waals surface area contributed by atoms with Crippen molar-refractivity contribution in [3.63, 3.8) is 0 Å². The number of aliphatic hydroxyl groups is 1. The Balaban J connectivity index is 2.87. The first-order valence-corrected chi connectivity index (χ1v) is 8.35. The zero-order valence-electron chi connectivity index (χ0n) is 13.4. The molecule has 2 atom stereocenters. The van der Waals surface area contributed by atoms with Crippen molar-refractivity contribution in [1.29, 1.82) is 0 Å². The minimum Gasteiger partial charge on any atom is -0.454 e. The number of hydrogen-bond acceptors (Lipinski definition) is 6. The zero-order chi connectivity index (χ0) is 18.5. The van der Waals surface area contributed by atoms with E-state index in [1.807, 2.05) is 4.72 Å². The highest BCUT2D eigenvalue weighted by molar-refractivity contribution is 7.89. The number of aliphatic hydroxyl groups excluding tert-OH is 1. The van der Waals surface area contributed by atoms with Crippen LogP contribution in [0.4, 0.5) is 4.39 Å². The summed E-state index contributed by atoms with van der Waals surface area (Å²) < 4.78 is 43.9. The first-order valence-electron chi connectivity index (χ1n) is 6.87. The van der Waals surface area contributed by atoms with Crippen LogP contribution in [-0.4, -0.2) is 63.1 Å². The summed E-state index contributed by atoms with van der Waals surface area (Å²) in [5.41, 5.74) is 0. The van der Waals surface area contributed by atoms with E-state index in [0.29, 0.717) is 0 Å². The van der Waals surface area contributed by atoms with Crippen LogP contribution in [0.5, 0.6) is 0 Å². The molecule has 0 unspecified atom stereocenters. The van der Waals surface area contributed by atoms with Crippen LogP contribution in [-0.2, 0) is 24.3 Å². The maximum Gasteiger partial charge on any atom is 0.327 e. The van der Waals surface area contributed by atoms with Crippen molar-refractivity contribution in [2.45, 2.75) is 24.0 Å². The molecule has 0 radical (unpaired) electrons. The van der Waals surface area contributed by atoms with Gasteiger partial charge in [0.05, 0.1) is 11.0 Å². The Kier molecular flexibility index (Phi) is 6.81. The summed E-state index contributed by atoms with van der Waals surface area (Å²) >= 11 is 0. The third kappa shape index (κ3) is 5.55. The summed E-state index contributed by atoms with van der Waals surface area (Å²) in [6, 6.07) is 2.30. The predicted octanol–water partition coefficient (Wildman–Crippen LogP) is -0.515. The van der Waals surface area contributed by atoms with E-state index in [1.54, 1.807) is 0 Å². The number of nitrogens with one attached hydrogen (secondary N) is 1. The van der Waals surface area contributed by atoms with E-state index in [0.717, 1.165) is 24.3 Å². The minimum absolute atomic E-state index is 0.285. The summed E-state index contributed by atoms with van der Waals surface area (Å²) in [7, 11) is -1.28. The van der Waals surface area contributed by atoms with E-state index in [1.165, 1.54) is 25.9 Å². The van der Waals surface area contributed by atoms with Crippen LogP contribution in [0.3, 0.4) is 0 Å². The molecule has 0 saturated heterocycles. The zero-order valence-corrected chi connectivity index (χ0v) is 14.2. The highest BCUT2D eigenvalue weighted by atomic mass is 32.2. The van der Waals surface area contributed by atoms with E-state index in [9.17, 15) is 27.5 Å². The molecular weight excluding hydrogens is 343 g/mol. The molecule has 0 heterocycles. The fourth-order valence-corrected chi connectivity index (χ4v) is 2.80. The number of benzene rings is 1. The first-order chi connectivity index (χ1) is 11.0. The van der Waals surface area contributed by atoms with Crippen LogP contribution in [0.2, 0.25) is 0 Å². The summed E-state index contributed by atoms with van der Waals surface area (Å²) in [4.78, 5) is 24.2. The molecule has 0 aliphatic carbocycles. The molecule has 24 heavy (non-hydrogen) atoms. The molecule has 1 aromatic carbocycles. The van der Waals surface area contributed by atoms with Gasteiger partial charge in [0.2, 0.25) is 10.0 Å². The fraction of sp³-hybridized carbons (Fsp3) is 0.429. The van der Waals surface area contributed by atoms with Gasteiger partial charge in [0.15, 0.2) is 6.61 Å². The second-order valence-corrected chi connectivity index (χ2v) is 6.90. The number of halogens is 1. The molecule has 0 fully saturated rings. The van der Waals surface area contributed by atoms with Crippen molar-refractivity contribution in [1.82, 2.24) is 9.62 Å². The summed E-state index contributed by atoms with van der Waals surface area (Å²) in [5, 5.41) is 9.63. The van der Waals surface area contributed by atoms with Crippen molar-refractivity contribution in [2.75, 3.05) is 20.7 Å². The quantitative estimate of drug-likeness (QED) is 0.632. The number of amides is 1. The number of carbonyl (C=O) groups excluding carboxylic acids is 2. The van der Waals surface area contributed by atoms with Crippen molar-refractivity contribution in [3.8, 4) is 0 Å². The number of carbonyl (C=O) groups is 2. The largest absolute Gasteiger partial charge is 0.454 e. The highest BCUT2D eigenvalue weighted by Gasteiger charge is 2.31. The van der Waals surface area contributed by atoms with Crippen molar-refractivity contribution in [3.05, 3.63) is 30.1 Å². The molecule has 0 aromatic heterocycles. The standard InChI is InChI=1S/C14H19FN2O6S/c1-9(18)13(14(20)23-8-12(19)17(2)3)16-24(21,22)11-6-4-10(15)5-7-11/h4-7,9,13,16,18H,8H2,1-3H3/t9-,13-/m0/s1. The second-order valence-electron chi connectivity index (χ2n) is 5.19. The van der Waals surface area contributed by atoms with Gasteiger partial charge < -0.3 is 14.7 Å². The number of rotatable bonds is 7. The number of likely N-dealkylation sites (N-methyl/N-ethyl adjacent to an activating group) is 1. The van der Waals surface area contributed by atoms with Crippen LogP contribution in [0.1, 0.15) is 6.92 Å². The molecule has 1 rings (SSSR count). The fourth-order valence-electron chi connectivity index (χ4n) is 1.54. The second kappa shape index (κ2) is 8.18. The average molecular weight is 362 g/mol. The topological polar surface area (TPSA) is 113 Å². The highest BCUT2D eigenvalue weighted by Crippen LogP contribution is 2.11. The van der Waals surface area contributed by atoms with Gasteiger partial charge in [0.25, 0.3) is 5.91 Å². The van der Waals surface area contributed by atoms with E-state index in [4.69, 9.17) is 4.74 Å². The van der Waals surface area contributed by atoms with Gasteiger partial charge in [0, 0.05) is 14.1 Å². The van der Waals surface area contributed by atoms with Crippen molar-refractivity contribution in [2.24, 2.45) is 0 Å². The van der Waals surface area contributed by atoms with Gasteiger partial charge in [0.1, 0.15) is 11.9 Å². The van der Waals surface area contributed by atoms with Gasteiger partial charge in [-0.05, 0) is 31.2 Å². The molecule has 0 aliphatic heterocycles. The van der Waals surface area contributed by atoms with Gasteiger partial charge in [-0.25, -0.2) is 12.8 Å². The molecule has 0 aliphatic rings. The molecule has 0 spiro atoms. The van der Waals surface area contributed by atoms with E-state index >= 15 is 0 Å². The molecule has 2 N–H and O–H groups in total. The molecular formula is C14H19FN2O6S. The first kappa shape index (κ1) is 20.0. The Morgan fingerprint density at radius 1 is 1.29 bits per heavy atom. The van der Waals surface area contributed by atoms with Crippen molar-refractivity contribution >= 4 is 21.9 Å². The van der Waals surface area contributed by atoms with Gasteiger partial charge in [-0.1, -0.05) is 0 Å². The van der Waals surface area contributed by atoms with E-state index < -0.39 is 46.5 Å². The maximum absolute atomic E-state index is 12.9. The lowest BCUT2D eigenvalue weighted by molar-refractivity contribution is -0.154. The summed E-state index contributed by atoms with van der Waals surface area (Å²) in [5.74, 6) is -2.23. The van der Waals surface area contributed by atoms with Gasteiger partial charge >= 0.3 is 5.97 Å². The summed E-state index contributed by atoms with van der Waals surface area (Å²) in [6.45, 7) is 0.597. The van der Waals surface area contributed by atoms with Gasteiger partial charge in [-0.2, -0.15) is 4.72 Å². The van der Waals surface area contributed by atoms with E-state index in [-0.39, 0.29) is 4.90 Å². The third-order valence-electron chi connectivity index (χ3n) is 2.98. The number of nitrogens with zero attached hydrogens (tertiary/aromatic N) is 1. The van der Waals surface area contributed by atoms with Crippen LogP contribution in [0.25, 0.3) is 0 Å². The van der Waals surface area contributed by atoms with Crippen molar-refractivity contribution < 1.29 is 32.2 Å². The lowest BCUT2D eigenvalue weighted by atomic mass is 10.2. The number of hydrogen-bond donors (Lipinski definition) is 2. The lowest BCUT2D eigenvalue weighted by Gasteiger charge is -2.20. The molecule has 8 nitrogen and oxygen atoms in total. The Morgan fingerprint density at radius 2 is 1.83 bits per heavy atom. The monoisotopic (exact) mass is 362 g/mol. The summed E-state index contributed by atoms with van der Waals surface area (Å²) in [6.07, 6.45) is -1.41.